The van der Waals surface area contributed by atoms with Crippen molar-refractivity contribution in [3.05, 3.63) is 35.4 Å². The third kappa shape index (κ3) is 3.08. The van der Waals surface area contributed by atoms with E-state index in [2.05, 4.69) is 0 Å². The van der Waals surface area contributed by atoms with E-state index >= 15 is 0 Å². The van der Waals surface area contributed by atoms with Gasteiger partial charge in [-0.1, -0.05) is 25.1 Å². The molecular formula is C11H11F3O. The van der Waals surface area contributed by atoms with E-state index in [1.54, 1.807) is 13.0 Å². The fourth-order valence-electron chi connectivity index (χ4n) is 1.37. The van der Waals surface area contributed by atoms with E-state index in [1.807, 2.05) is 0 Å². The van der Waals surface area contributed by atoms with Crippen molar-refractivity contribution in [3.63, 3.8) is 0 Å². The normalized spacial score (nSPS) is 13.6. The highest BCUT2D eigenvalue weighted by molar-refractivity contribution is 5.54. The van der Waals surface area contributed by atoms with Crippen LogP contribution in [0.25, 0.3) is 0 Å². The van der Waals surface area contributed by atoms with Crippen LogP contribution in [0.15, 0.2) is 24.3 Å². The number of hydrogen-bond donors (Lipinski definition) is 0. The molecule has 0 amide bonds. The topological polar surface area (TPSA) is 17.1 Å². The Bertz CT molecular complexity index is 344. The molecule has 0 spiro atoms. The van der Waals surface area contributed by atoms with Crippen molar-refractivity contribution in [2.24, 2.45) is 5.92 Å². The summed E-state index contributed by atoms with van der Waals surface area (Å²) in [5, 5.41) is 0. The van der Waals surface area contributed by atoms with Gasteiger partial charge in [-0.2, -0.15) is 13.2 Å². The Kier molecular flexibility index (Phi) is 3.50. The average Bonchev–Trinajstić information content (AvgIpc) is 2.17. The van der Waals surface area contributed by atoms with Crippen LogP contribution in [0.3, 0.4) is 0 Å². The lowest BCUT2D eigenvalue weighted by molar-refractivity contribution is -0.138. The molecule has 0 fully saturated rings. The van der Waals surface area contributed by atoms with Crippen molar-refractivity contribution in [1.82, 2.24) is 0 Å². The fraction of sp³-hybridized carbons (Fsp3) is 0.364. The van der Waals surface area contributed by atoms with Crippen LogP contribution in [0.4, 0.5) is 13.2 Å². The van der Waals surface area contributed by atoms with E-state index in [0.717, 1.165) is 6.07 Å². The molecule has 0 aromatic heterocycles. The zero-order chi connectivity index (χ0) is 11.5. The molecule has 0 radical (unpaired) electrons. The molecule has 1 atom stereocenters. The summed E-state index contributed by atoms with van der Waals surface area (Å²) in [6.45, 7) is 1.60. The summed E-state index contributed by atoms with van der Waals surface area (Å²) in [6.07, 6.45) is -3.56. The highest BCUT2D eigenvalue weighted by Crippen LogP contribution is 2.32. The number of carbonyl (C=O) groups is 1. The average molecular weight is 216 g/mol. The number of rotatable bonds is 3. The predicted octanol–water partition coefficient (Wildman–Crippen LogP) is 3.08. The molecule has 0 saturated carbocycles. The molecule has 0 heterocycles. The summed E-state index contributed by atoms with van der Waals surface area (Å²) in [5.41, 5.74) is -0.483. The van der Waals surface area contributed by atoms with Crippen LogP contribution >= 0.6 is 0 Å². The van der Waals surface area contributed by atoms with Crippen LogP contribution in [-0.4, -0.2) is 6.29 Å². The van der Waals surface area contributed by atoms with Gasteiger partial charge < -0.3 is 4.79 Å². The van der Waals surface area contributed by atoms with E-state index < -0.39 is 17.7 Å². The second-order valence-electron chi connectivity index (χ2n) is 3.47. The molecule has 1 aromatic rings. The van der Waals surface area contributed by atoms with E-state index in [1.165, 1.54) is 12.1 Å². The first kappa shape index (κ1) is 11.8. The van der Waals surface area contributed by atoms with Gasteiger partial charge in [0, 0.05) is 5.92 Å². The van der Waals surface area contributed by atoms with E-state index in [9.17, 15) is 18.0 Å². The molecule has 82 valence electrons. The molecular weight excluding hydrogens is 205 g/mol. The van der Waals surface area contributed by atoms with Gasteiger partial charge in [0.15, 0.2) is 0 Å². The van der Waals surface area contributed by atoms with E-state index in [-0.39, 0.29) is 12.0 Å². The van der Waals surface area contributed by atoms with Crippen molar-refractivity contribution in [2.75, 3.05) is 0 Å². The summed E-state index contributed by atoms with van der Waals surface area (Å²) in [4.78, 5) is 10.4. The zero-order valence-corrected chi connectivity index (χ0v) is 8.21. The molecule has 1 unspecified atom stereocenters. The first-order chi connectivity index (χ1) is 6.95. The van der Waals surface area contributed by atoms with Gasteiger partial charge in [-0.05, 0) is 18.1 Å². The first-order valence-electron chi connectivity index (χ1n) is 4.55. The Balaban J connectivity index is 3.02. The van der Waals surface area contributed by atoms with Gasteiger partial charge in [-0.3, -0.25) is 0 Å². The molecule has 1 rings (SSSR count). The first-order valence-corrected chi connectivity index (χ1v) is 4.55. The Morgan fingerprint density at radius 1 is 1.33 bits per heavy atom. The third-order valence-corrected chi connectivity index (χ3v) is 2.10. The summed E-state index contributed by atoms with van der Waals surface area (Å²) >= 11 is 0. The predicted molar refractivity (Wildman–Crippen MR) is 50.4 cm³/mol. The maximum atomic E-state index is 12.5. The van der Waals surface area contributed by atoms with Gasteiger partial charge in [0.05, 0.1) is 5.56 Å². The molecule has 15 heavy (non-hydrogen) atoms. The SMILES string of the molecule is CC(C=O)Cc1ccccc1C(F)(F)F. The maximum absolute atomic E-state index is 12.5. The van der Waals surface area contributed by atoms with Crippen LogP contribution in [-0.2, 0) is 17.4 Å². The molecule has 0 aliphatic heterocycles. The van der Waals surface area contributed by atoms with Crippen LogP contribution in [0, 0.1) is 5.92 Å². The summed E-state index contributed by atoms with van der Waals surface area (Å²) in [6, 6.07) is 5.33. The summed E-state index contributed by atoms with van der Waals surface area (Å²) < 4.78 is 37.5. The molecule has 0 saturated heterocycles. The lowest BCUT2D eigenvalue weighted by Crippen LogP contribution is -2.11. The minimum atomic E-state index is -4.35. The Hall–Kier alpha value is -1.32. The third-order valence-electron chi connectivity index (χ3n) is 2.10. The molecule has 1 nitrogen and oxygen atoms in total. The summed E-state index contributed by atoms with van der Waals surface area (Å²) in [5.74, 6) is -0.395. The minimum Gasteiger partial charge on any atom is -0.303 e. The highest BCUT2D eigenvalue weighted by atomic mass is 19.4. The monoisotopic (exact) mass is 216 g/mol. The molecule has 1 aromatic carbocycles. The van der Waals surface area contributed by atoms with Gasteiger partial charge in [0.1, 0.15) is 6.29 Å². The van der Waals surface area contributed by atoms with Gasteiger partial charge in [0.25, 0.3) is 0 Å². The van der Waals surface area contributed by atoms with Crippen molar-refractivity contribution in [1.29, 1.82) is 0 Å². The number of halogens is 3. The van der Waals surface area contributed by atoms with Crippen LogP contribution in [0.5, 0.6) is 0 Å². The number of hydrogen-bond acceptors (Lipinski definition) is 1. The fourth-order valence-corrected chi connectivity index (χ4v) is 1.37. The molecule has 4 heteroatoms. The molecule has 0 aliphatic carbocycles. The van der Waals surface area contributed by atoms with Crippen LogP contribution in [0.1, 0.15) is 18.1 Å². The van der Waals surface area contributed by atoms with Gasteiger partial charge in [0.2, 0.25) is 0 Å². The van der Waals surface area contributed by atoms with Gasteiger partial charge >= 0.3 is 6.18 Å². The van der Waals surface area contributed by atoms with Crippen molar-refractivity contribution in [3.8, 4) is 0 Å². The van der Waals surface area contributed by atoms with Crippen LogP contribution < -0.4 is 0 Å². The second kappa shape index (κ2) is 4.47. The summed E-state index contributed by atoms with van der Waals surface area (Å²) in [7, 11) is 0. The Morgan fingerprint density at radius 3 is 2.47 bits per heavy atom. The zero-order valence-electron chi connectivity index (χ0n) is 8.21. The Labute approximate surface area is 85.9 Å². The number of benzene rings is 1. The number of carbonyl (C=O) groups excluding carboxylic acids is 1. The standard InChI is InChI=1S/C11H11F3O/c1-8(7-15)6-9-4-2-3-5-10(9)11(12,13)14/h2-5,7-8H,6H2,1H3. The largest absolute Gasteiger partial charge is 0.416 e. The Morgan fingerprint density at radius 2 is 1.93 bits per heavy atom. The highest BCUT2D eigenvalue weighted by Gasteiger charge is 2.32. The lowest BCUT2D eigenvalue weighted by atomic mass is 9.97. The van der Waals surface area contributed by atoms with Crippen molar-refractivity contribution in [2.45, 2.75) is 19.5 Å². The molecule has 0 bridgehead atoms. The number of aldehydes is 1. The van der Waals surface area contributed by atoms with Crippen molar-refractivity contribution >= 4 is 6.29 Å². The number of alkyl halides is 3. The minimum absolute atomic E-state index is 0.124. The quantitative estimate of drug-likeness (QED) is 0.709. The van der Waals surface area contributed by atoms with E-state index in [0.29, 0.717) is 6.29 Å². The smallest absolute Gasteiger partial charge is 0.303 e. The van der Waals surface area contributed by atoms with E-state index in [4.69, 9.17) is 0 Å². The lowest BCUT2D eigenvalue weighted by Gasteiger charge is -2.13. The van der Waals surface area contributed by atoms with Gasteiger partial charge in [-0.15, -0.1) is 0 Å². The molecule has 0 N–H and O–H groups in total. The molecule has 0 aliphatic rings. The van der Waals surface area contributed by atoms with Gasteiger partial charge in [-0.25, -0.2) is 0 Å². The van der Waals surface area contributed by atoms with Crippen LogP contribution in [0.2, 0.25) is 0 Å². The second-order valence-corrected chi connectivity index (χ2v) is 3.47. The maximum Gasteiger partial charge on any atom is 0.416 e. The van der Waals surface area contributed by atoms with Crippen molar-refractivity contribution < 1.29 is 18.0 Å².